The van der Waals surface area contributed by atoms with E-state index in [1.54, 1.807) is 19.6 Å². The Bertz CT molecular complexity index is 263. The van der Waals surface area contributed by atoms with Crippen molar-refractivity contribution in [1.29, 1.82) is 0 Å². The molecule has 0 spiro atoms. The average molecular weight is 288 g/mol. The van der Waals surface area contributed by atoms with E-state index in [2.05, 4.69) is 4.98 Å². The molecule has 0 fully saturated rings. The van der Waals surface area contributed by atoms with E-state index >= 15 is 0 Å². The monoisotopic (exact) mass is 288 g/mol. The molecule has 0 saturated heterocycles. The molecule has 118 valence electrons. The molecule has 0 unspecified atom stereocenters. The van der Waals surface area contributed by atoms with E-state index in [9.17, 15) is 0 Å². The second kappa shape index (κ2) is 16.1. The van der Waals surface area contributed by atoms with Gasteiger partial charge in [0, 0.05) is 32.6 Å². The summed E-state index contributed by atoms with van der Waals surface area (Å²) in [6.07, 6.45) is 6.54. The Labute approximate surface area is 121 Å². The number of hydrogen-bond acceptors (Lipinski definition) is 6. The molecule has 7 nitrogen and oxygen atoms in total. The number of hydrogen-bond donors (Lipinski definition) is 2. The molecule has 1 aromatic heterocycles. The van der Waals surface area contributed by atoms with Crippen LogP contribution >= 0.6 is 0 Å². The van der Waals surface area contributed by atoms with Gasteiger partial charge in [-0.15, -0.1) is 0 Å². The highest BCUT2D eigenvalue weighted by atomic mass is 16.5. The quantitative estimate of drug-likeness (QED) is 0.550. The summed E-state index contributed by atoms with van der Waals surface area (Å²) in [7, 11) is 1.65. The van der Waals surface area contributed by atoms with Gasteiger partial charge < -0.3 is 30.2 Å². The van der Waals surface area contributed by atoms with Crippen molar-refractivity contribution in [2.24, 2.45) is 11.5 Å². The fourth-order valence-corrected chi connectivity index (χ4v) is 1.24. The van der Waals surface area contributed by atoms with Crippen molar-refractivity contribution in [2.45, 2.75) is 13.0 Å². The van der Waals surface area contributed by atoms with Crippen LogP contribution in [0.3, 0.4) is 0 Å². The zero-order chi connectivity index (χ0) is 14.9. The van der Waals surface area contributed by atoms with Crippen molar-refractivity contribution in [3.05, 3.63) is 18.7 Å². The maximum absolute atomic E-state index is 5.31. The number of ether oxygens (including phenoxy) is 3. The SMILES string of the molecule is COCCOCCOCCN.NCCCn1ccnc1. The Kier molecular flexibility index (Phi) is 15.3. The molecular formula is C13H28N4O3. The van der Waals surface area contributed by atoms with Gasteiger partial charge in [-0.05, 0) is 13.0 Å². The third-order valence-corrected chi connectivity index (χ3v) is 2.25. The number of aromatic nitrogens is 2. The van der Waals surface area contributed by atoms with E-state index in [1.807, 2.05) is 10.8 Å². The minimum Gasteiger partial charge on any atom is -0.382 e. The molecule has 0 aromatic carbocycles. The van der Waals surface area contributed by atoms with Crippen molar-refractivity contribution in [2.75, 3.05) is 53.2 Å². The maximum Gasteiger partial charge on any atom is 0.0945 e. The smallest absolute Gasteiger partial charge is 0.0945 e. The van der Waals surface area contributed by atoms with Crippen LogP contribution in [0, 0.1) is 0 Å². The van der Waals surface area contributed by atoms with Crippen molar-refractivity contribution in [3.8, 4) is 0 Å². The molecule has 0 atom stereocenters. The Balaban J connectivity index is 0.000000367. The average Bonchev–Trinajstić information content (AvgIpc) is 2.98. The first kappa shape index (κ1) is 19.0. The fourth-order valence-electron chi connectivity index (χ4n) is 1.24. The Morgan fingerprint density at radius 2 is 1.70 bits per heavy atom. The molecule has 7 heteroatoms. The highest BCUT2D eigenvalue weighted by molar-refractivity contribution is 4.73. The predicted molar refractivity (Wildman–Crippen MR) is 78.5 cm³/mol. The molecule has 1 heterocycles. The van der Waals surface area contributed by atoms with E-state index in [-0.39, 0.29) is 0 Å². The summed E-state index contributed by atoms with van der Waals surface area (Å²) < 4.78 is 17.0. The lowest BCUT2D eigenvalue weighted by atomic mass is 10.4. The second-order valence-corrected chi connectivity index (χ2v) is 3.95. The molecule has 0 amide bonds. The maximum atomic E-state index is 5.31. The first-order valence-electron chi connectivity index (χ1n) is 6.85. The zero-order valence-electron chi connectivity index (χ0n) is 12.4. The second-order valence-electron chi connectivity index (χ2n) is 3.95. The topological polar surface area (TPSA) is 97.5 Å². The van der Waals surface area contributed by atoms with Gasteiger partial charge in [-0.2, -0.15) is 0 Å². The number of methoxy groups -OCH3 is 1. The van der Waals surface area contributed by atoms with Gasteiger partial charge in [0.05, 0.1) is 39.4 Å². The first-order chi connectivity index (χ1) is 9.85. The predicted octanol–water partition coefficient (Wildman–Crippen LogP) is -0.143. The third-order valence-electron chi connectivity index (χ3n) is 2.25. The lowest BCUT2D eigenvalue weighted by molar-refractivity contribution is 0.0267. The van der Waals surface area contributed by atoms with Gasteiger partial charge in [0.15, 0.2) is 0 Å². The molecule has 0 bridgehead atoms. The van der Waals surface area contributed by atoms with E-state index in [0.29, 0.717) is 39.6 Å². The van der Waals surface area contributed by atoms with Gasteiger partial charge in [0.25, 0.3) is 0 Å². The van der Waals surface area contributed by atoms with Crippen molar-refractivity contribution < 1.29 is 14.2 Å². The van der Waals surface area contributed by atoms with Gasteiger partial charge in [-0.25, -0.2) is 4.98 Å². The lowest BCUT2D eigenvalue weighted by Gasteiger charge is -2.03. The van der Waals surface area contributed by atoms with Gasteiger partial charge in [0.2, 0.25) is 0 Å². The minimum atomic E-state index is 0.568. The summed E-state index contributed by atoms with van der Waals surface area (Å²) in [5, 5.41) is 0. The molecule has 0 aliphatic heterocycles. The van der Waals surface area contributed by atoms with Gasteiger partial charge >= 0.3 is 0 Å². The largest absolute Gasteiger partial charge is 0.382 e. The third kappa shape index (κ3) is 13.4. The highest BCUT2D eigenvalue weighted by Crippen LogP contribution is 1.87. The van der Waals surface area contributed by atoms with Crippen molar-refractivity contribution >= 4 is 0 Å². The van der Waals surface area contributed by atoms with Crippen LogP contribution < -0.4 is 11.5 Å². The van der Waals surface area contributed by atoms with E-state index < -0.39 is 0 Å². The van der Waals surface area contributed by atoms with Crippen molar-refractivity contribution in [3.63, 3.8) is 0 Å². The normalized spacial score (nSPS) is 10.2. The van der Waals surface area contributed by atoms with Crippen LogP contribution in [0.15, 0.2) is 18.7 Å². The summed E-state index contributed by atoms with van der Waals surface area (Å²) in [4.78, 5) is 3.90. The van der Waals surface area contributed by atoms with E-state index in [4.69, 9.17) is 25.7 Å². The standard InChI is InChI=1S/C7H17NO3.C6H11N3/c1-9-4-5-11-7-6-10-3-2-8;7-2-1-4-9-5-3-8-6-9/h2-8H2,1H3;3,5-6H,1-2,4,7H2. The number of nitrogens with two attached hydrogens (primary N) is 2. The Hall–Kier alpha value is -0.990. The molecule has 20 heavy (non-hydrogen) atoms. The van der Waals surface area contributed by atoms with Crippen LogP contribution in [0.4, 0.5) is 0 Å². The van der Waals surface area contributed by atoms with Crippen LogP contribution in [0.2, 0.25) is 0 Å². The van der Waals surface area contributed by atoms with E-state index in [1.165, 1.54) is 0 Å². The highest BCUT2D eigenvalue weighted by Gasteiger charge is 1.87. The summed E-state index contributed by atoms with van der Waals surface area (Å²) in [6.45, 7) is 5.39. The molecule has 0 aliphatic carbocycles. The number of nitrogens with zero attached hydrogens (tertiary/aromatic N) is 2. The van der Waals surface area contributed by atoms with Crippen molar-refractivity contribution in [1.82, 2.24) is 9.55 Å². The molecular weight excluding hydrogens is 260 g/mol. The van der Waals surface area contributed by atoms with Crippen LogP contribution in [0.25, 0.3) is 0 Å². The molecule has 0 radical (unpaired) electrons. The van der Waals surface area contributed by atoms with Gasteiger partial charge in [0.1, 0.15) is 0 Å². The van der Waals surface area contributed by atoms with Crippen LogP contribution in [0.1, 0.15) is 6.42 Å². The molecule has 0 aliphatic rings. The molecule has 0 saturated carbocycles. The minimum absolute atomic E-state index is 0.568. The van der Waals surface area contributed by atoms with E-state index in [0.717, 1.165) is 19.5 Å². The molecule has 1 aromatic rings. The number of imidazole rings is 1. The summed E-state index contributed by atoms with van der Waals surface area (Å²) in [5.74, 6) is 0. The fraction of sp³-hybridized carbons (Fsp3) is 0.769. The lowest BCUT2D eigenvalue weighted by Crippen LogP contribution is -2.13. The Morgan fingerprint density at radius 3 is 2.25 bits per heavy atom. The summed E-state index contributed by atoms with van der Waals surface area (Å²) >= 11 is 0. The van der Waals surface area contributed by atoms with Gasteiger partial charge in [-0.1, -0.05) is 0 Å². The molecule has 4 N–H and O–H groups in total. The zero-order valence-corrected chi connectivity index (χ0v) is 12.4. The number of aryl methyl sites for hydroxylation is 1. The van der Waals surface area contributed by atoms with Gasteiger partial charge in [-0.3, -0.25) is 0 Å². The Morgan fingerprint density at radius 1 is 1.00 bits per heavy atom. The first-order valence-corrected chi connectivity index (χ1v) is 6.85. The van der Waals surface area contributed by atoms with Crippen LogP contribution in [0.5, 0.6) is 0 Å². The van der Waals surface area contributed by atoms with Crippen LogP contribution in [-0.4, -0.2) is 62.8 Å². The van der Waals surface area contributed by atoms with Crippen LogP contribution in [-0.2, 0) is 20.8 Å². The summed E-state index contributed by atoms with van der Waals surface area (Å²) in [6, 6.07) is 0. The number of rotatable bonds is 11. The summed E-state index contributed by atoms with van der Waals surface area (Å²) in [5.41, 5.74) is 10.5. The molecule has 1 rings (SSSR count).